The van der Waals surface area contributed by atoms with Gasteiger partial charge in [-0.3, -0.25) is 0 Å². The predicted molar refractivity (Wildman–Crippen MR) is 176 cm³/mol. The number of benzene rings is 2. The fraction of sp³-hybridized carbons (Fsp3) is 0.471. The summed E-state index contributed by atoms with van der Waals surface area (Å²) in [7, 11) is 0. The first kappa shape index (κ1) is 28.6. The summed E-state index contributed by atoms with van der Waals surface area (Å²) in [6, 6.07) is 19.3. The summed E-state index contributed by atoms with van der Waals surface area (Å²) in [4.78, 5) is 30.0. The molecular weight excluding hydrogens is 550 g/mol. The van der Waals surface area contributed by atoms with E-state index in [2.05, 4.69) is 32.7 Å². The molecule has 3 fully saturated rings. The van der Waals surface area contributed by atoms with Gasteiger partial charge in [-0.2, -0.15) is 9.97 Å². The summed E-state index contributed by atoms with van der Waals surface area (Å²) in [6.07, 6.45) is 12.5. The third kappa shape index (κ3) is 6.22. The SMILES string of the molecule is NC1CCC(Nc2nc(NC3CCN(C(=O)Nc4ccccc4-c4ccccc4)CC3)c3ncn(C4CCCC4)c3n2)CC1. The Hall–Kier alpha value is -4.18. The number of rotatable bonds is 7. The summed E-state index contributed by atoms with van der Waals surface area (Å²) in [6.45, 7) is 1.32. The summed E-state index contributed by atoms with van der Waals surface area (Å²) < 4.78 is 2.26. The highest BCUT2D eigenvalue weighted by Crippen LogP contribution is 2.34. The van der Waals surface area contributed by atoms with E-state index >= 15 is 0 Å². The zero-order chi connectivity index (χ0) is 29.9. The van der Waals surface area contributed by atoms with Crippen molar-refractivity contribution in [1.29, 1.82) is 0 Å². The third-order valence-electron chi connectivity index (χ3n) is 9.62. The number of amides is 2. The smallest absolute Gasteiger partial charge is 0.321 e. The third-order valence-corrected chi connectivity index (χ3v) is 9.62. The minimum atomic E-state index is -0.0646. The molecular formula is C34H43N9O. The number of imidazole rings is 1. The van der Waals surface area contributed by atoms with Crippen LogP contribution in [0.4, 0.5) is 22.2 Å². The molecule has 230 valence electrons. The molecule has 2 aromatic carbocycles. The second kappa shape index (κ2) is 12.8. The molecule has 0 unspecified atom stereocenters. The fourth-order valence-corrected chi connectivity index (χ4v) is 7.05. The van der Waals surface area contributed by atoms with Gasteiger partial charge in [-0.05, 0) is 63.0 Å². The number of carbonyl (C=O) groups is 1. The lowest BCUT2D eigenvalue weighted by atomic mass is 9.92. The summed E-state index contributed by atoms with van der Waals surface area (Å²) in [5, 5.41) is 10.5. The fourth-order valence-electron chi connectivity index (χ4n) is 7.05. The van der Waals surface area contributed by atoms with Crippen molar-refractivity contribution in [3.8, 4) is 11.1 Å². The van der Waals surface area contributed by atoms with Crippen LogP contribution in [0.25, 0.3) is 22.3 Å². The van der Waals surface area contributed by atoms with Gasteiger partial charge in [0.15, 0.2) is 17.0 Å². The minimum absolute atomic E-state index is 0.0646. The van der Waals surface area contributed by atoms with Crippen LogP contribution < -0.4 is 21.7 Å². The van der Waals surface area contributed by atoms with Crippen LogP contribution in [0.2, 0.25) is 0 Å². The summed E-state index contributed by atoms with van der Waals surface area (Å²) in [5.41, 5.74) is 10.8. The van der Waals surface area contributed by atoms with Crippen LogP contribution in [0, 0.1) is 0 Å². The molecule has 4 aromatic rings. The summed E-state index contributed by atoms with van der Waals surface area (Å²) >= 11 is 0. The van der Waals surface area contributed by atoms with E-state index in [-0.39, 0.29) is 12.1 Å². The first-order valence-electron chi connectivity index (χ1n) is 16.3. The molecule has 1 aliphatic heterocycles. The largest absolute Gasteiger partial charge is 0.365 e. The van der Waals surface area contributed by atoms with Crippen molar-refractivity contribution in [2.45, 2.75) is 88.4 Å². The van der Waals surface area contributed by atoms with E-state index in [1.54, 1.807) is 0 Å². The topological polar surface area (TPSA) is 126 Å². The molecule has 5 N–H and O–H groups in total. The molecule has 10 nitrogen and oxygen atoms in total. The Kier molecular flexibility index (Phi) is 8.33. The van der Waals surface area contributed by atoms with Gasteiger partial charge in [0.2, 0.25) is 5.95 Å². The van der Waals surface area contributed by atoms with Gasteiger partial charge in [-0.15, -0.1) is 0 Å². The predicted octanol–water partition coefficient (Wildman–Crippen LogP) is 6.40. The number of hydrogen-bond acceptors (Lipinski definition) is 7. The van der Waals surface area contributed by atoms with Crippen LogP contribution in [0.5, 0.6) is 0 Å². The van der Waals surface area contributed by atoms with Gasteiger partial charge in [0.1, 0.15) is 0 Å². The van der Waals surface area contributed by atoms with Gasteiger partial charge in [-0.25, -0.2) is 9.78 Å². The van der Waals surface area contributed by atoms with Crippen molar-refractivity contribution in [1.82, 2.24) is 24.4 Å². The highest BCUT2D eigenvalue weighted by Gasteiger charge is 2.27. The molecule has 3 heterocycles. The van der Waals surface area contributed by atoms with Crippen LogP contribution in [0.1, 0.15) is 70.3 Å². The molecule has 0 atom stereocenters. The Balaban J connectivity index is 1.04. The van der Waals surface area contributed by atoms with Gasteiger partial charge in [-0.1, -0.05) is 61.4 Å². The molecule has 10 heteroatoms. The molecule has 3 aliphatic rings. The van der Waals surface area contributed by atoms with Crippen molar-refractivity contribution in [3.63, 3.8) is 0 Å². The molecule has 1 saturated heterocycles. The Bertz CT molecular complexity index is 1570. The van der Waals surface area contributed by atoms with Crippen LogP contribution in [-0.4, -0.2) is 61.7 Å². The molecule has 2 aromatic heterocycles. The Morgan fingerprint density at radius 1 is 0.795 bits per heavy atom. The van der Waals surface area contributed by atoms with E-state index in [0.29, 0.717) is 37.2 Å². The van der Waals surface area contributed by atoms with E-state index in [4.69, 9.17) is 20.7 Å². The van der Waals surface area contributed by atoms with Crippen molar-refractivity contribution in [3.05, 3.63) is 60.9 Å². The second-order valence-corrected chi connectivity index (χ2v) is 12.7. The quantitative estimate of drug-likeness (QED) is 0.195. The number of aromatic nitrogens is 4. The van der Waals surface area contributed by atoms with Crippen molar-refractivity contribution >= 4 is 34.6 Å². The Labute approximate surface area is 258 Å². The normalized spacial score (nSPS) is 21.4. The number of carbonyl (C=O) groups excluding carboxylic acids is 1. The van der Waals surface area contributed by atoms with Gasteiger partial charge < -0.3 is 31.2 Å². The lowest BCUT2D eigenvalue weighted by Gasteiger charge is -2.33. The number of nitrogens with zero attached hydrogens (tertiary/aromatic N) is 5. The van der Waals surface area contributed by atoms with Gasteiger partial charge >= 0.3 is 6.03 Å². The standard InChI is InChI=1S/C34H43N9O/c35-24-14-16-25(17-15-24)38-33-40-31(30-32(41-33)43(22-36-30)27-10-4-5-11-27)37-26-18-20-42(21-19-26)34(44)39-29-13-7-6-12-28(29)23-8-2-1-3-9-23/h1-3,6-9,12-13,22,24-27H,4-5,10-11,14-21,35H2,(H,39,44)(H2,37,38,40,41). The molecule has 0 radical (unpaired) electrons. The molecule has 0 bridgehead atoms. The van der Waals surface area contributed by atoms with Gasteiger partial charge in [0.05, 0.1) is 12.0 Å². The number of nitrogens with two attached hydrogens (primary N) is 1. The number of urea groups is 1. The average molecular weight is 594 g/mol. The van der Waals surface area contributed by atoms with Gasteiger partial charge in [0, 0.05) is 42.8 Å². The molecule has 2 amide bonds. The Morgan fingerprint density at radius 3 is 2.27 bits per heavy atom. The second-order valence-electron chi connectivity index (χ2n) is 12.7. The van der Waals surface area contributed by atoms with E-state index < -0.39 is 0 Å². The number of anilines is 3. The minimum Gasteiger partial charge on any atom is -0.365 e. The van der Waals surface area contributed by atoms with Gasteiger partial charge in [0.25, 0.3) is 0 Å². The number of para-hydroxylation sites is 1. The van der Waals surface area contributed by atoms with Crippen molar-refractivity contribution < 1.29 is 4.79 Å². The monoisotopic (exact) mass is 593 g/mol. The number of nitrogens with one attached hydrogen (secondary N) is 3. The van der Waals surface area contributed by atoms with E-state index in [0.717, 1.165) is 85.2 Å². The lowest BCUT2D eigenvalue weighted by molar-refractivity contribution is 0.197. The zero-order valence-electron chi connectivity index (χ0n) is 25.3. The summed E-state index contributed by atoms with van der Waals surface area (Å²) in [5.74, 6) is 1.44. The lowest BCUT2D eigenvalue weighted by Crippen LogP contribution is -2.44. The van der Waals surface area contributed by atoms with Crippen molar-refractivity contribution in [2.75, 3.05) is 29.0 Å². The average Bonchev–Trinajstić information content (AvgIpc) is 3.74. The van der Waals surface area contributed by atoms with E-state index in [1.165, 1.54) is 12.8 Å². The maximum Gasteiger partial charge on any atom is 0.321 e. The molecule has 2 aliphatic carbocycles. The zero-order valence-corrected chi connectivity index (χ0v) is 25.3. The number of fused-ring (bicyclic) bond motifs is 1. The molecule has 7 rings (SSSR count). The molecule has 2 saturated carbocycles. The van der Waals surface area contributed by atoms with E-state index in [9.17, 15) is 4.79 Å². The maximum atomic E-state index is 13.3. The highest BCUT2D eigenvalue weighted by atomic mass is 16.2. The first-order valence-corrected chi connectivity index (χ1v) is 16.3. The molecule has 0 spiro atoms. The Morgan fingerprint density at radius 2 is 1.50 bits per heavy atom. The van der Waals surface area contributed by atoms with E-state index in [1.807, 2.05) is 53.7 Å². The van der Waals surface area contributed by atoms with Crippen LogP contribution in [-0.2, 0) is 0 Å². The first-order chi connectivity index (χ1) is 21.6. The number of hydrogen-bond donors (Lipinski definition) is 4. The van der Waals surface area contributed by atoms with Crippen LogP contribution >= 0.6 is 0 Å². The highest BCUT2D eigenvalue weighted by molar-refractivity contribution is 5.94. The van der Waals surface area contributed by atoms with Crippen molar-refractivity contribution in [2.24, 2.45) is 5.73 Å². The van der Waals surface area contributed by atoms with Crippen LogP contribution in [0.3, 0.4) is 0 Å². The number of piperidine rings is 1. The maximum absolute atomic E-state index is 13.3. The molecule has 44 heavy (non-hydrogen) atoms. The number of likely N-dealkylation sites (tertiary alicyclic amines) is 1. The van der Waals surface area contributed by atoms with Crippen LogP contribution in [0.15, 0.2) is 60.9 Å².